The highest BCUT2D eigenvalue weighted by molar-refractivity contribution is 5.91. The molecular weight excluding hydrogens is 360 g/mol. The molecule has 1 aliphatic rings. The lowest BCUT2D eigenvalue weighted by Crippen LogP contribution is -2.55. The summed E-state index contributed by atoms with van der Waals surface area (Å²) in [5, 5.41) is 2.33. The monoisotopic (exact) mass is 385 g/mol. The van der Waals surface area contributed by atoms with Gasteiger partial charge >= 0.3 is 6.09 Å². The average molecular weight is 385 g/mol. The van der Waals surface area contributed by atoms with Gasteiger partial charge in [0, 0.05) is 18.4 Å². The Morgan fingerprint density at radius 1 is 1.44 bits per heavy atom. The van der Waals surface area contributed by atoms with Crippen LogP contribution in [0.5, 0.6) is 0 Å². The average Bonchev–Trinajstić information content (AvgIpc) is 2.54. The molecule has 1 aromatic carbocycles. The van der Waals surface area contributed by atoms with E-state index < -0.39 is 41.9 Å². The van der Waals surface area contributed by atoms with Crippen LogP contribution in [0.15, 0.2) is 23.2 Å². The Bertz CT molecular complexity index is 736. The molecule has 0 aromatic heterocycles. The summed E-state index contributed by atoms with van der Waals surface area (Å²) >= 11 is 0. The van der Waals surface area contributed by atoms with E-state index in [1.807, 2.05) is 0 Å². The molecule has 1 heterocycles. The maximum atomic E-state index is 14.5. The van der Waals surface area contributed by atoms with Gasteiger partial charge in [-0.15, -0.1) is 0 Å². The van der Waals surface area contributed by atoms with Crippen molar-refractivity contribution in [1.82, 2.24) is 5.32 Å². The first-order chi connectivity index (χ1) is 12.5. The summed E-state index contributed by atoms with van der Waals surface area (Å²) in [6, 6.07) is 3.71. The van der Waals surface area contributed by atoms with Crippen LogP contribution in [-0.2, 0) is 19.7 Å². The molecular formula is C18H25F2N3O4. The van der Waals surface area contributed by atoms with Crippen LogP contribution in [-0.4, -0.2) is 43.7 Å². The molecule has 1 aliphatic heterocycles. The van der Waals surface area contributed by atoms with Crippen molar-refractivity contribution < 1.29 is 27.8 Å². The number of alkyl halides is 1. The van der Waals surface area contributed by atoms with E-state index in [1.165, 1.54) is 25.3 Å². The van der Waals surface area contributed by atoms with Crippen molar-refractivity contribution in [2.24, 2.45) is 4.99 Å². The van der Waals surface area contributed by atoms with Crippen molar-refractivity contribution >= 4 is 17.8 Å². The fourth-order valence-corrected chi connectivity index (χ4v) is 2.95. The van der Waals surface area contributed by atoms with Crippen molar-refractivity contribution in [3.63, 3.8) is 0 Å². The fourth-order valence-electron chi connectivity index (χ4n) is 2.95. The van der Waals surface area contributed by atoms with E-state index in [1.54, 1.807) is 27.7 Å². The number of alkyl carbamates (subject to hydrolysis) is 1. The minimum atomic E-state index is -1.40. The standard InChI is InChI=1S/C18H25F2N3O4/c1-17(2,3)27-16(24)22-15-23-18(4,14(25-5)13(9-19)26-15)11-8-10(21)6-7-12(11)20/h6-8,13-14H,9,21H2,1-5H3,(H,22,23,24)/t13-,14+,18-/m1/s1. The molecule has 150 valence electrons. The van der Waals surface area contributed by atoms with E-state index in [4.69, 9.17) is 19.9 Å². The number of amidine groups is 1. The third kappa shape index (κ3) is 4.65. The summed E-state index contributed by atoms with van der Waals surface area (Å²) in [6.45, 7) is 5.68. The lowest BCUT2D eigenvalue weighted by molar-refractivity contribution is -0.0721. The number of benzene rings is 1. The second-order valence-corrected chi connectivity index (χ2v) is 7.40. The molecule has 0 radical (unpaired) electrons. The second kappa shape index (κ2) is 7.67. The second-order valence-electron chi connectivity index (χ2n) is 7.40. The van der Waals surface area contributed by atoms with Gasteiger partial charge in [-0.25, -0.2) is 23.9 Å². The summed E-state index contributed by atoms with van der Waals surface area (Å²) in [7, 11) is 1.35. The Morgan fingerprint density at radius 2 is 2.11 bits per heavy atom. The minimum Gasteiger partial charge on any atom is -0.456 e. The van der Waals surface area contributed by atoms with Crippen molar-refractivity contribution in [2.75, 3.05) is 19.5 Å². The molecule has 0 fully saturated rings. The molecule has 0 unspecified atom stereocenters. The number of amides is 1. The molecule has 1 aromatic rings. The van der Waals surface area contributed by atoms with E-state index >= 15 is 0 Å². The number of carbonyl (C=O) groups excluding carboxylic acids is 1. The molecule has 3 N–H and O–H groups in total. The Balaban J connectivity index is 2.47. The molecule has 0 saturated carbocycles. The van der Waals surface area contributed by atoms with Gasteiger partial charge in [-0.1, -0.05) is 0 Å². The molecule has 0 spiro atoms. The van der Waals surface area contributed by atoms with E-state index in [9.17, 15) is 13.6 Å². The van der Waals surface area contributed by atoms with Crippen molar-refractivity contribution in [1.29, 1.82) is 0 Å². The van der Waals surface area contributed by atoms with E-state index in [0.717, 1.165) is 0 Å². The minimum absolute atomic E-state index is 0.0968. The van der Waals surface area contributed by atoms with E-state index in [2.05, 4.69) is 10.3 Å². The summed E-state index contributed by atoms with van der Waals surface area (Å²) in [6.07, 6.45) is -2.91. The summed E-state index contributed by atoms with van der Waals surface area (Å²) in [4.78, 5) is 16.3. The number of nitrogen functional groups attached to an aromatic ring is 1. The Kier molecular flexibility index (Phi) is 5.94. The third-order valence-corrected chi connectivity index (χ3v) is 4.04. The first kappa shape index (κ1) is 20.9. The number of hydrogen-bond acceptors (Lipinski definition) is 6. The Morgan fingerprint density at radius 3 is 2.67 bits per heavy atom. The molecule has 0 saturated heterocycles. The van der Waals surface area contributed by atoms with E-state index in [-0.39, 0.29) is 11.6 Å². The highest BCUT2D eigenvalue weighted by Gasteiger charge is 2.48. The van der Waals surface area contributed by atoms with Crippen LogP contribution < -0.4 is 11.1 Å². The lowest BCUT2D eigenvalue weighted by Gasteiger charge is -2.41. The first-order valence-electron chi connectivity index (χ1n) is 8.41. The van der Waals surface area contributed by atoms with Gasteiger partial charge in [0.05, 0.1) is 0 Å². The van der Waals surface area contributed by atoms with Crippen molar-refractivity contribution in [2.45, 2.75) is 51.0 Å². The summed E-state index contributed by atoms with van der Waals surface area (Å²) in [5.41, 5.74) is 4.04. The Hall–Kier alpha value is -2.42. The maximum Gasteiger partial charge on any atom is 0.415 e. The normalized spacial score (nSPS) is 25.4. The van der Waals surface area contributed by atoms with Crippen LogP contribution in [0.3, 0.4) is 0 Å². The van der Waals surface area contributed by atoms with Crippen LogP contribution in [0.4, 0.5) is 19.3 Å². The smallest absolute Gasteiger partial charge is 0.415 e. The van der Waals surface area contributed by atoms with Gasteiger partial charge in [0.25, 0.3) is 6.02 Å². The number of hydrogen-bond donors (Lipinski definition) is 2. The zero-order valence-electron chi connectivity index (χ0n) is 16.0. The topological polar surface area (TPSA) is 95.2 Å². The van der Waals surface area contributed by atoms with Gasteiger partial charge < -0.3 is 19.9 Å². The van der Waals surface area contributed by atoms with E-state index in [0.29, 0.717) is 5.69 Å². The number of rotatable bonds is 3. The number of methoxy groups -OCH3 is 1. The van der Waals surface area contributed by atoms with Gasteiger partial charge in [-0.2, -0.15) is 0 Å². The summed E-state index contributed by atoms with van der Waals surface area (Å²) < 4.78 is 44.1. The van der Waals surface area contributed by atoms with Crippen LogP contribution in [0.25, 0.3) is 0 Å². The van der Waals surface area contributed by atoms with Gasteiger partial charge in [-0.3, -0.25) is 0 Å². The molecule has 27 heavy (non-hydrogen) atoms. The van der Waals surface area contributed by atoms with Crippen molar-refractivity contribution in [3.8, 4) is 0 Å². The molecule has 0 bridgehead atoms. The van der Waals surface area contributed by atoms with Crippen LogP contribution in [0.1, 0.15) is 33.3 Å². The molecule has 2 rings (SSSR count). The molecule has 7 nitrogen and oxygen atoms in total. The SMILES string of the molecule is CO[C@H]1[C@@H](CF)OC(NC(=O)OC(C)(C)C)=N[C@]1(C)c1cc(N)ccc1F. The van der Waals surface area contributed by atoms with Crippen LogP contribution in [0, 0.1) is 5.82 Å². The number of halogens is 2. The molecule has 9 heteroatoms. The predicted molar refractivity (Wildman–Crippen MR) is 96.6 cm³/mol. The number of nitrogens with zero attached hydrogens (tertiary/aromatic N) is 1. The van der Waals surface area contributed by atoms with Crippen LogP contribution >= 0.6 is 0 Å². The quantitative estimate of drug-likeness (QED) is 0.780. The molecule has 3 atom stereocenters. The highest BCUT2D eigenvalue weighted by Crippen LogP contribution is 2.39. The predicted octanol–water partition coefficient (Wildman–Crippen LogP) is 2.89. The Labute approximate surface area is 156 Å². The summed E-state index contributed by atoms with van der Waals surface area (Å²) in [5.74, 6) is -0.589. The first-order valence-corrected chi connectivity index (χ1v) is 8.41. The van der Waals surface area contributed by atoms with Gasteiger partial charge in [0.2, 0.25) is 0 Å². The zero-order valence-corrected chi connectivity index (χ0v) is 16.0. The maximum absolute atomic E-state index is 14.5. The van der Waals surface area contributed by atoms with Crippen LogP contribution in [0.2, 0.25) is 0 Å². The number of ether oxygens (including phenoxy) is 3. The molecule has 0 aliphatic carbocycles. The van der Waals surface area contributed by atoms with Gasteiger partial charge in [-0.05, 0) is 45.9 Å². The molecule has 1 amide bonds. The number of nitrogens with two attached hydrogens (primary N) is 1. The number of carbonyl (C=O) groups is 1. The highest BCUT2D eigenvalue weighted by atomic mass is 19.1. The van der Waals surface area contributed by atoms with Gasteiger partial charge in [0.15, 0.2) is 6.10 Å². The number of anilines is 1. The number of aliphatic imine (C=N–C) groups is 1. The van der Waals surface area contributed by atoms with Gasteiger partial charge in [0.1, 0.15) is 29.7 Å². The lowest BCUT2D eigenvalue weighted by atomic mass is 9.83. The third-order valence-electron chi connectivity index (χ3n) is 4.04. The largest absolute Gasteiger partial charge is 0.456 e. The zero-order chi connectivity index (χ0) is 20.4. The van der Waals surface area contributed by atoms with Crippen molar-refractivity contribution in [3.05, 3.63) is 29.6 Å². The number of nitrogens with one attached hydrogen (secondary N) is 1. The fraction of sp³-hybridized carbons (Fsp3) is 0.556.